The van der Waals surface area contributed by atoms with Crippen molar-refractivity contribution in [1.29, 1.82) is 0 Å². The SMILES string of the molecule is COc1ccc(/C=C2\C(=O)NC(=O)N(c3ccc([N+](=O)[O-])cc3)C2=O)cc1. The summed E-state index contributed by atoms with van der Waals surface area (Å²) < 4.78 is 5.05. The summed E-state index contributed by atoms with van der Waals surface area (Å²) >= 11 is 0. The van der Waals surface area contributed by atoms with Crippen molar-refractivity contribution in [3.05, 3.63) is 69.8 Å². The van der Waals surface area contributed by atoms with E-state index in [1.54, 1.807) is 24.3 Å². The Morgan fingerprint density at radius 3 is 2.22 bits per heavy atom. The van der Waals surface area contributed by atoms with Gasteiger partial charge in [0.05, 0.1) is 17.7 Å². The van der Waals surface area contributed by atoms with E-state index in [-0.39, 0.29) is 16.9 Å². The normalized spacial score (nSPS) is 15.7. The first-order valence-electron chi connectivity index (χ1n) is 7.70. The van der Waals surface area contributed by atoms with Crippen LogP contribution in [0.15, 0.2) is 54.1 Å². The molecule has 1 heterocycles. The second-order valence-corrected chi connectivity index (χ2v) is 5.50. The minimum Gasteiger partial charge on any atom is -0.497 e. The lowest BCUT2D eigenvalue weighted by atomic mass is 10.1. The van der Waals surface area contributed by atoms with Crippen molar-refractivity contribution in [3.8, 4) is 5.75 Å². The number of barbiturate groups is 1. The number of imide groups is 2. The van der Waals surface area contributed by atoms with E-state index in [0.29, 0.717) is 11.3 Å². The number of carbonyl (C=O) groups is 3. The van der Waals surface area contributed by atoms with Crippen molar-refractivity contribution in [2.24, 2.45) is 0 Å². The second-order valence-electron chi connectivity index (χ2n) is 5.50. The third-order valence-corrected chi connectivity index (χ3v) is 3.85. The molecule has 0 bridgehead atoms. The Balaban J connectivity index is 1.95. The summed E-state index contributed by atoms with van der Waals surface area (Å²) in [7, 11) is 1.51. The van der Waals surface area contributed by atoms with Gasteiger partial charge in [-0.15, -0.1) is 0 Å². The number of nitro groups is 1. The van der Waals surface area contributed by atoms with E-state index in [4.69, 9.17) is 4.74 Å². The van der Waals surface area contributed by atoms with Gasteiger partial charge in [0.1, 0.15) is 11.3 Å². The zero-order valence-electron chi connectivity index (χ0n) is 14.0. The third-order valence-electron chi connectivity index (χ3n) is 3.85. The number of anilines is 1. The number of amides is 4. The summed E-state index contributed by atoms with van der Waals surface area (Å²) in [6, 6.07) is 10.6. The van der Waals surface area contributed by atoms with E-state index in [2.05, 4.69) is 5.32 Å². The Hall–Kier alpha value is -4.01. The van der Waals surface area contributed by atoms with Crippen LogP contribution in [0, 0.1) is 10.1 Å². The molecule has 0 spiro atoms. The van der Waals surface area contributed by atoms with Gasteiger partial charge >= 0.3 is 6.03 Å². The molecule has 1 aliphatic rings. The number of hydrogen-bond donors (Lipinski definition) is 1. The minimum absolute atomic E-state index is 0.108. The van der Waals surface area contributed by atoms with Crippen LogP contribution >= 0.6 is 0 Å². The summed E-state index contributed by atoms with van der Waals surface area (Å²) in [4.78, 5) is 47.8. The Morgan fingerprint density at radius 2 is 1.67 bits per heavy atom. The van der Waals surface area contributed by atoms with Crippen LogP contribution in [0.2, 0.25) is 0 Å². The average molecular weight is 367 g/mol. The fraction of sp³-hybridized carbons (Fsp3) is 0.0556. The van der Waals surface area contributed by atoms with E-state index in [0.717, 1.165) is 4.90 Å². The van der Waals surface area contributed by atoms with Gasteiger partial charge < -0.3 is 4.74 Å². The van der Waals surface area contributed by atoms with Crippen molar-refractivity contribution in [1.82, 2.24) is 5.32 Å². The zero-order valence-corrected chi connectivity index (χ0v) is 14.0. The average Bonchev–Trinajstić information content (AvgIpc) is 2.66. The Morgan fingerprint density at radius 1 is 1.04 bits per heavy atom. The maximum absolute atomic E-state index is 12.7. The first kappa shape index (κ1) is 17.8. The molecular formula is C18H13N3O6. The predicted octanol–water partition coefficient (Wildman–Crippen LogP) is 2.27. The van der Waals surface area contributed by atoms with Crippen LogP contribution in [0.4, 0.5) is 16.2 Å². The number of non-ortho nitro benzene ring substituents is 1. The molecule has 1 aliphatic heterocycles. The molecule has 0 radical (unpaired) electrons. The highest BCUT2D eigenvalue weighted by atomic mass is 16.6. The Labute approximate surface area is 153 Å². The quantitative estimate of drug-likeness (QED) is 0.383. The molecule has 1 saturated heterocycles. The fourth-order valence-corrected chi connectivity index (χ4v) is 2.48. The van der Waals surface area contributed by atoms with E-state index in [1.165, 1.54) is 37.5 Å². The Kier molecular flexibility index (Phi) is 4.67. The van der Waals surface area contributed by atoms with Crippen LogP contribution < -0.4 is 15.0 Å². The summed E-state index contributed by atoms with van der Waals surface area (Å²) in [5, 5.41) is 12.8. The lowest BCUT2D eigenvalue weighted by Crippen LogP contribution is -2.54. The molecule has 0 saturated carbocycles. The molecule has 1 N–H and O–H groups in total. The molecule has 0 aliphatic carbocycles. The van der Waals surface area contributed by atoms with E-state index < -0.39 is 22.8 Å². The number of methoxy groups -OCH3 is 1. The van der Waals surface area contributed by atoms with Crippen molar-refractivity contribution in [2.75, 3.05) is 12.0 Å². The number of nitrogens with zero attached hydrogens (tertiary/aromatic N) is 2. The monoisotopic (exact) mass is 367 g/mol. The van der Waals surface area contributed by atoms with Gasteiger partial charge in [-0.05, 0) is 35.9 Å². The highest BCUT2D eigenvalue weighted by molar-refractivity contribution is 6.39. The van der Waals surface area contributed by atoms with Crippen LogP contribution in [0.25, 0.3) is 6.08 Å². The summed E-state index contributed by atoms with van der Waals surface area (Å²) in [6.07, 6.45) is 1.35. The first-order chi connectivity index (χ1) is 12.9. The molecule has 2 aromatic carbocycles. The maximum atomic E-state index is 12.7. The van der Waals surface area contributed by atoms with Gasteiger partial charge in [0, 0.05) is 12.1 Å². The van der Waals surface area contributed by atoms with Crippen molar-refractivity contribution < 1.29 is 24.0 Å². The molecule has 9 heteroatoms. The van der Waals surface area contributed by atoms with Crippen molar-refractivity contribution in [3.63, 3.8) is 0 Å². The zero-order chi connectivity index (χ0) is 19.6. The molecule has 1 fully saturated rings. The van der Waals surface area contributed by atoms with Gasteiger partial charge in [0.15, 0.2) is 0 Å². The molecule has 3 rings (SSSR count). The van der Waals surface area contributed by atoms with E-state index in [1.807, 2.05) is 0 Å². The molecule has 4 amide bonds. The van der Waals surface area contributed by atoms with Crippen LogP contribution in [0.3, 0.4) is 0 Å². The molecule has 27 heavy (non-hydrogen) atoms. The largest absolute Gasteiger partial charge is 0.497 e. The third kappa shape index (κ3) is 3.52. The highest BCUT2D eigenvalue weighted by Gasteiger charge is 2.36. The number of hydrogen-bond acceptors (Lipinski definition) is 6. The number of nitrogens with one attached hydrogen (secondary N) is 1. The maximum Gasteiger partial charge on any atom is 0.335 e. The van der Waals surface area contributed by atoms with Crippen LogP contribution in [-0.2, 0) is 9.59 Å². The number of ether oxygens (including phenoxy) is 1. The van der Waals surface area contributed by atoms with Crippen molar-refractivity contribution in [2.45, 2.75) is 0 Å². The second kappa shape index (κ2) is 7.08. The van der Waals surface area contributed by atoms with Crippen molar-refractivity contribution >= 4 is 35.3 Å². The topological polar surface area (TPSA) is 119 Å². The molecular weight excluding hydrogens is 354 g/mol. The van der Waals surface area contributed by atoms with Gasteiger partial charge in [-0.3, -0.25) is 25.0 Å². The lowest BCUT2D eigenvalue weighted by molar-refractivity contribution is -0.384. The number of urea groups is 1. The number of rotatable bonds is 4. The molecule has 136 valence electrons. The number of nitro benzene ring substituents is 1. The van der Waals surface area contributed by atoms with Crippen LogP contribution in [-0.4, -0.2) is 29.9 Å². The molecule has 0 atom stereocenters. The van der Waals surface area contributed by atoms with Gasteiger partial charge in [0.25, 0.3) is 17.5 Å². The predicted molar refractivity (Wildman–Crippen MR) is 95.1 cm³/mol. The summed E-state index contributed by atoms with van der Waals surface area (Å²) in [5.41, 5.74) is 0.246. The van der Waals surface area contributed by atoms with Gasteiger partial charge in [0.2, 0.25) is 0 Å². The van der Waals surface area contributed by atoms with Crippen LogP contribution in [0.5, 0.6) is 5.75 Å². The van der Waals surface area contributed by atoms with E-state index >= 15 is 0 Å². The number of carbonyl (C=O) groups excluding carboxylic acids is 3. The Bertz CT molecular complexity index is 964. The molecule has 2 aromatic rings. The highest BCUT2D eigenvalue weighted by Crippen LogP contribution is 2.24. The number of benzene rings is 2. The molecule has 0 aromatic heterocycles. The summed E-state index contributed by atoms with van der Waals surface area (Å²) in [6.45, 7) is 0. The smallest absolute Gasteiger partial charge is 0.335 e. The van der Waals surface area contributed by atoms with Crippen LogP contribution in [0.1, 0.15) is 5.56 Å². The summed E-state index contributed by atoms with van der Waals surface area (Å²) in [5.74, 6) is -1.04. The van der Waals surface area contributed by atoms with Gasteiger partial charge in [-0.2, -0.15) is 0 Å². The van der Waals surface area contributed by atoms with Gasteiger partial charge in [-0.1, -0.05) is 12.1 Å². The minimum atomic E-state index is -0.925. The molecule has 9 nitrogen and oxygen atoms in total. The lowest BCUT2D eigenvalue weighted by Gasteiger charge is -2.26. The first-order valence-corrected chi connectivity index (χ1v) is 7.70. The fourth-order valence-electron chi connectivity index (χ4n) is 2.48. The standard InChI is InChI=1S/C18H13N3O6/c1-27-14-8-2-11(3-9-14)10-15-16(22)19-18(24)20(17(15)23)12-4-6-13(7-5-12)21(25)26/h2-10H,1H3,(H,19,22,24)/b15-10+. The molecule has 0 unspecified atom stereocenters. The van der Waals surface area contributed by atoms with E-state index in [9.17, 15) is 24.5 Å². The van der Waals surface area contributed by atoms with Gasteiger partial charge in [-0.25, -0.2) is 9.69 Å².